The Morgan fingerprint density at radius 2 is 2.06 bits per heavy atom. The Kier molecular flexibility index (Phi) is 6.52. The Morgan fingerprint density at radius 1 is 1.38 bits per heavy atom. The Labute approximate surface area is 204 Å². The van der Waals surface area contributed by atoms with E-state index in [1.54, 1.807) is 44.2 Å². The molecule has 0 aromatic heterocycles. The Bertz CT molecular complexity index is 1000. The lowest BCUT2D eigenvalue weighted by molar-refractivity contribution is -0.160. The number of halogens is 1. The molecule has 34 heavy (non-hydrogen) atoms. The van der Waals surface area contributed by atoms with Crippen molar-refractivity contribution in [3.05, 3.63) is 41.9 Å². The Morgan fingerprint density at radius 3 is 2.65 bits per heavy atom. The largest absolute Gasteiger partial charge is 0.466 e. The summed E-state index contributed by atoms with van der Waals surface area (Å²) in [6, 6.07) is 5.17. The van der Waals surface area contributed by atoms with Crippen LogP contribution in [0.2, 0.25) is 5.02 Å². The van der Waals surface area contributed by atoms with E-state index in [2.05, 4.69) is 6.58 Å². The second kappa shape index (κ2) is 8.98. The van der Waals surface area contributed by atoms with Crippen molar-refractivity contribution in [1.82, 2.24) is 4.90 Å². The van der Waals surface area contributed by atoms with E-state index in [4.69, 9.17) is 21.1 Å². The molecule has 0 aliphatic carbocycles. The minimum Gasteiger partial charge on any atom is -0.466 e. The van der Waals surface area contributed by atoms with Gasteiger partial charge in [0.25, 0.3) is 5.91 Å². The molecule has 3 heterocycles. The van der Waals surface area contributed by atoms with E-state index < -0.39 is 41.1 Å². The minimum atomic E-state index is -1.18. The van der Waals surface area contributed by atoms with Crippen molar-refractivity contribution >= 4 is 35.1 Å². The molecule has 3 aliphatic rings. The smallest absolute Gasteiger partial charge is 0.312 e. The van der Waals surface area contributed by atoms with Crippen LogP contribution < -0.4 is 4.90 Å². The van der Waals surface area contributed by atoms with E-state index in [9.17, 15) is 19.5 Å². The number of nitrogens with zero attached hydrogens (tertiary/aromatic N) is 2. The zero-order valence-electron chi connectivity index (χ0n) is 19.7. The molecule has 4 rings (SSSR count). The molecule has 6 atom stereocenters. The van der Waals surface area contributed by atoms with Gasteiger partial charge in [0.2, 0.25) is 5.91 Å². The summed E-state index contributed by atoms with van der Waals surface area (Å²) in [5.41, 5.74) is -1.49. The first-order valence-electron chi connectivity index (χ1n) is 11.6. The molecular formula is C25H31ClN2O6. The first kappa shape index (κ1) is 24.7. The SMILES string of the molecule is C=CCN(C(=O)C1N([C@H](C)CO)C(=O)[C@@H]2[C@H](C(=O)OCC)[C@]3(C)CCC12O3)c1ccc(Cl)cc1. The topological polar surface area (TPSA) is 96.4 Å². The van der Waals surface area contributed by atoms with Crippen LogP contribution in [-0.4, -0.2) is 70.8 Å². The van der Waals surface area contributed by atoms with Gasteiger partial charge in [0.1, 0.15) is 17.6 Å². The number of fused-ring (bicyclic) bond motifs is 1. The Hall–Kier alpha value is -2.42. The van der Waals surface area contributed by atoms with Gasteiger partial charge in [-0.2, -0.15) is 0 Å². The summed E-state index contributed by atoms with van der Waals surface area (Å²) in [5, 5.41) is 10.5. The molecule has 2 amide bonds. The van der Waals surface area contributed by atoms with Crippen LogP contribution in [0.15, 0.2) is 36.9 Å². The standard InChI is InChI=1S/C25H31ClN2O6/c1-5-13-27(17-9-7-16(26)8-10-17)22(31)20-25-12-11-24(4,34-25)19(23(32)33-6-2)18(25)21(30)28(20)15(3)14-29/h5,7-10,15,18-20,29H,1,6,11-14H2,2-4H3/t15-,18+,19-,20?,24+,25?/m1/s1. The lowest BCUT2D eigenvalue weighted by Crippen LogP contribution is -2.58. The highest BCUT2D eigenvalue weighted by molar-refractivity contribution is 6.30. The first-order chi connectivity index (χ1) is 16.1. The predicted molar refractivity (Wildman–Crippen MR) is 126 cm³/mol. The van der Waals surface area contributed by atoms with Crippen molar-refractivity contribution in [1.29, 1.82) is 0 Å². The van der Waals surface area contributed by atoms with Crippen LogP contribution in [0.3, 0.4) is 0 Å². The van der Waals surface area contributed by atoms with E-state index >= 15 is 0 Å². The average molecular weight is 491 g/mol. The van der Waals surface area contributed by atoms with E-state index in [0.29, 0.717) is 23.6 Å². The van der Waals surface area contributed by atoms with Crippen molar-refractivity contribution < 1.29 is 29.0 Å². The lowest BCUT2D eigenvalue weighted by atomic mass is 9.66. The number of amides is 2. The van der Waals surface area contributed by atoms with Crippen LogP contribution in [0.4, 0.5) is 5.69 Å². The highest BCUT2D eigenvalue weighted by atomic mass is 35.5. The molecule has 184 valence electrons. The zero-order valence-corrected chi connectivity index (χ0v) is 20.5. The summed E-state index contributed by atoms with van der Waals surface area (Å²) >= 11 is 6.04. The summed E-state index contributed by atoms with van der Waals surface area (Å²) in [6.45, 7) is 9.05. The highest BCUT2D eigenvalue weighted by Gasteiger charge is 2.78. The molecular weight excluding hydrogens is 460 g/mol. The lowest BCUT2D eigenvalue weighted by Gasteiger charge is -2.38. The second-order valence-corrected chi connectivity index (χ2v) is 9.91. The quantitative estimate of drug-likeness (QED) is 0.444. The van der Waals surface area contributed by atoms with Crippen LogP contribution in [0.25, 0.3) is 0 Å². The van der Waals surface area contributed by atoms with E-state index in [0.717, 1.165) is 0 Å². The number of esters is 1. The van der Waals surface area contributed by atoms with Crippen LogP contribution in [-0.2, 0) is 23.9 Å². The van der Waals surface area contributed by atoms with Crippen LogP contribution >= 0.6 is 11.6 Å². The maximum Gasteiger partial charge on any atom is 0.312 e. The number of rotatable bonds is 8. The summed E-state index contributed by atoms with van der Waals surface area (Å²) in [4.78, 5) is 44.0. The van der Waals surface area contributed by atoms with Crippen LogP contribution in [0, 0.1) is 11.8 Å². The molecule has 3 fully saturated rings. The van der Waals surface area contributed by atoms with Crippen molar-refractivity contribution in [2.75, 3.05) is 24.7 Å². The Balaban J connectivity index is 1.82. The van der Waals surface area contributed by atoms with Gasteiger partial charge in [-0.3, -0.25) is 14.4 Å². The van der Waals surface area contributed by atoms with Gasteiger partial charge in [-0.25, -0.2) is 0 Å². The molecule has 1 spiro atoms. The number of carbonyl (C=O) groups excluding carboxylic acids is 3. The number of anilines is 1. The molecule has 3 aliphatic heterocycles. The molecule has 1 N–H and O–H groups in total. The molecule has 9 heteroatoms. The fraction of sp³-hybridized carbons (Fsp3) is 0.560. The number of aliphatic hydroxyl groups excluding tert-OH is 1. The van der Waals surface area contributed by atoms with Crippen molar-refractivity contribution in [3.8, 4) is 0 Å². The third-order valence-electron chi connectivity index (χ3n) is 7.44. The highest BCUT2D eigenvalue weighted by Crippen LogP contribution is 2.63. The zero-order chi connectivity index (χ0) is 24.8. The number of likely N-dealkylation sites (tertiary alicyclic amines) is 1. The summed E-state index contributed by atoms with van der Waals surface area (Å²) in [5.74, 6) is -2.88. The molecule has 8 nitrogen and oxygen atoms in total. The third kappa shape index (κ3) is 3.54. The van der Waals surface area contributed by atoms with Crippen LogP contribution in [0.5, 0.6) is 0 Å². The van der Waals surface area contributed by atoms with Gasteiger partial charge in [-0.1, -0.05) is 17.7 Å². The van der Waals surface area contributed by atoms with Gasteiger partial charge in [0.15, 0.2) is 0 Å². The van der Waals surface area contributed by atoms with Gasteiger partial charge in [0, 0.05) is 17.3 Å². The van der Waals surface area contributed by atoms with Crippen molar-refractivity contribution in [2.24, 2.45) is 11.8 Å². The van der Waals surface area contributed by atoms with E-state index in [-0.39, 0.29) is 31.6 Å². The van der Waals surface area contributed by atoms with Crippen molar-refractivity contribution in [3.63, 3.8) is 0 Å². The van der Waals surface area contributed by atoms with E-state index in [1.165, 1.54) is 9.80 Å². The molecule has 1 aromatic carbocycles. The monoisotopic (exact) mass is 490 g/mol. The number of carbonyl (C=O) groups is 3. The minimum absolute atomic E-state index is 0.183. The fourth-order valence-corrected chi connectivity index (χ4v) is 6.14. The van der Waals surface area contributed by atoms with Gasteiger partial charge >= 0.3 is 5.97 Å². The van der Waals surface area contributed by atoms with Gasteiger partial charge < -0.3 is 24.4 Å². The number of ether oxygens (including phenoxy) is 2. The summed E-state index contributed by atoms with van der Waals surface area (Å²) in [7, 11) is 0. The normalized spacial score (nSPS) is 32.4. The third-order valence-corrected chi connectivity index (χ3v) is 7.70. The first-order valence-corrected chi connectivity index (χ1v) is 12.0. The predicted octanol–water partition coefficient (Wildman–Crippen LogP) is 2.57. The number of aliphatic hydroxyl groups is 1. The number of hydrogen-bond acceptors (Lipinski definition) is 6. The van der Waals surface area contributed by atoms with Gasteiger partial charge in [0.05, 0.1) is 30.8 Å². The molecule has 1 aromatic rings. The molecule has 2 bridgehead atoms. The van der Waals surface area contributed by atoms with Crippen molar-refractivity contribution in [2.45, 2.75) is 56.9 Å². The molecule has 3 saturated heterocycles. The number of hydrogen-bond donors (Lipinski definition) is 1. The van der Waals surface area contributed by atoms with Crippen LogP contribution in [0.1, 0.15) is 33.6 Å². The second-order valence-electron chi connectivity index (χ2n) is 9.47. The molecule has 0 radical (unpaired) electrons. The maximum atomic E-state index is 14.2. The summed E-state index contributed by atoms with van der Waals surface area (Å²) in [6.07, 6.45) is 2.57. The summed E-state index contributed by atoms with van der Waals surface area (Å²) < 4.78 is 11.8. The maximum absolute atomic E-state index is 14.2. The molecule has 2 unspecified atom stereocenters. The average Bonchev–Trinajstić information content (AvgIpc) is 3.38. The molecule has 0 saturated carbocycles. The van der Waals surface area contributed by atoms with Gasteiger partial charge in [-0.15, -0.1) is 6.58 Å². The number of benzene rings is 1. The van der Waals surface area contributed by atoms with E-state index in [1.807, 2.05) is 6.92 Å². The fourth-order valence-electron chi connectivity index (χ4n) is 6.02. The van der Waals surface area contributed by atoms with Gasteiger partial charge in [-0.05, 0) is 57.9 Å².